The van der Waals surface area contributed by atoms with Crippen LogP contribution in [-0.2, 0) is 19.1 Å². The summed E-state index contributed by atoms with van der Waals surface area (Å²) in [6.07, 6.45) is 5.65. The van der Waals surface area contributed by atoms with Crippen LogP contribution >= 0.6 is 0 Å². The molecule has 0 amide bonds. The van der Waals surface area contributed by atoms with Crippen molar-refractivity contribution in [3.8, 4) is 0 Å². The fourth-order valence-electron chi connectivity index (χ4n) is 6.49. The Morgan fingerprint density at radius 3 is 2.52 bits per heavy atom. The molecule has 0 bridgehead atoms. The van der Waals surface area contributed by atoms with Crippen LogP contribution in [0, 0.1) is 34.5 Å². The Balaban J connectivity index is 1.86. The number of carbonyl (C=O) groups is 3. The number of carboxylic acid groups (broad SMARTS) is 1. The Bertz CT molecular complexity index is 585. The number of carboxylic acids is 1. The van der Waals surface area contributed by atoms with E-state index in [9.17, 15) is 14.4 Å². The first-order valence-corrected chi connectivity index (χ1v) is 9.57. The van der Waals surface area contributed by atoms with Gasteiger partial charge in [0.2, 0.25) is 0 Å². The third kappa shape index (κ3) is 2.80. The molecule has 3 aliphatic carbocycles. The van der Waals surface area contributed by atoms with E-state index in [1.807, 2.05) is 6.92 Å². The van der Waals surface area contributed by atoms with Gasteiger partial charge in [-0.3, -0.25) is 14.4 Å². The fourth-order valence-corrected chi connectivity index (χ4v) is 6.49. The molecule has 0 aromatic heterocycles. The van der Waals surface area contributed by atoms with Crippen molar-refractivity contribution in [3.63, 3.8) is 0 Å². The van der Waals surface area contributed by atoms with Crippen LogP contribution in [0.2, 0.25) is 0 Å². The maximum absolute atomic E-state index is 12.7. The third-order valence-electron chi connectivity index (χ3n) is 7.94. The number of methoxy groups -OCH3 is 1. The molecule has 0 aliphatic heterocycles. The van der Waals surface area contributed by atoms with E-state index in [-0.39, 0.29) is 35.4 Å². The number of fused-ring (bicyclic) bond motifs is 3. The predicted molar refractivity (Wildman–Crippen MR) is 91.8 cm³/mol. The normalized spacial score (nSPS) is 43.2. The molecular formula is C20H30O5. The number of esters is 1. The van der Waals surface area contributed by atoms with Crippen molar-refractivity contribution in [2.24, 2.45) is 34.5 Å². The van der Waals surface area contributed by atoms with Crippen molar-refractivity contribution in [1.82, 2.24) is 0 Å². The summed E-state index contributed by atoms with van der Waals surface area (Å²) in [4.78, 5) is 36.0. The van der Waals surface area contributed by atoms with Gasteiger partial charge >= 0.3 is 11.9 Å². The number of carbonyl (C=O) groups excluding carboxylic acids is 2. The molecule has 3 aliphatic rings. The van der Waals surface area contributed by atoms with Crippen LogP contribution in [-0.4, -0.2) is 29.9 Å². The van der Waals surface area contributed by atoms with E-state index in [0.29, 0.717) is 24.7 Å². The quantitative estimate of drug-likeness (QED) is 0.786. The maximum Gasteiger partial charge on any atom is 0.309 e. The maximum atomic E-state index is 12.7. The molecule has 0 radical (unpaired) electrons. The molecule has 6 atom stereocenters. The van der Waals surface area contributed by atoms with Gasteiger partial charge in [-0.15, -0.1) is 0 Å². The molecule has 0 saturated heterocycles. The molecule has 1 N–H and O–H groups in total. The minimum atomic E-state index is -0.830. The van der Waals surface area contributed by atoms with Crippen LogP contribution in [0.25, 0.3) is 0 Å². The monoisotopic (exact) mass is 350 g/mol. The van der Waals surface area contributed by atoms with Crippen molar-refractivity contribution in [2.75, 3.05) is 7.11 Å². The van der Waals surface area contributed by atoms with E-state index >= 15 is 0 Å². The predicted octanol–water partition coefficient (Wildman–Crippen LogP) is 3.45. The van der Waals surface area contributed by atoms with Gasteiger partial charge in [0.1, 0.15) is 5.78 Å². The topological polar surface area (TPSA) is 80.7 Å². The highest BCUT2D eigenvalue weighted by Gasteiger charge is 2.60. The third-order valence-corrected chi connectivity index (χ3v) is 7.94. The van der Waals surface area contributed by atoms with Gasteiger partial charge in [0, 0.05) is 18.3 Å². The van der Waals surface area contributed by atoms with Gasteiger partial charge in [-0.1, -0.05) is 13.8 Å². The van der Waals surface area contributed by atoms with Crippen molar-refractivity contribution < 1.29 is 24.2 Å². The Morgan fingerprint density at radius 1 is 1.16 bits per heavy atom. The molecule has 0 aromatic rings. The van der Waals surface area contributed by atoms with Crippen molar-refractivity contribution in [2.45, 2.75) is 65.2 Å². The average molecular weight is 350 g/mol. The largest absolute Gasteiger partial charge is 0.481 e. The number of hydrogen-bond acceptors (Lipinski definition) is 4. The van der Waals surface area contributed by atoms with Crippen LogP contribution < -0.4 is 0 Å². The number of aliphatic carboxylic acids is 1. The number of ether oxygens (including phenoxy) is 1. The van der Waals surface area contributed by atoms with E-state index in [4.69, 9.17) is 9.84 Å². The first kappa shape index (κ1) is 18.4. The Morgan fingerprint density at radius 2 is 1.88 bits per heavy atom. The first-order valence-electron chi connectivity index (χ1n) is 9.57. The molecular weight excluding hydrogens is 320 g/mol. The summed E-state index contributed by atoms with van der Waals surface area (Å²) in [6, 6.07) is 0. The second kappa shape index (κ2) is 6.40. The number of ketones is 1. The summed E-state index contributed by atoms with van der Waals surface area (Å²) >= 11 is 0. The summed E-state index contributed by atoms with van der Waals surface area (Å²) in [7, 11) is 1.47. The van der Waals surface area contributed by atoms with E-state index in [2.05, 4.69) is 6.92 Å². The lowest BCUT2D eigenvalue weighted by Crippen LogP contribution is -2.53. The molecule has 0 spiro atoms. The Hall–Kier alpha value is -1.39. The minimum absolute atomic E-state index is 0.0358. The fraction of sp³-hybridized carbons (Fsp3) is 0.850. The highest BCUT2D eigenvalue weighted by molar-refractivity contribution is 5.86. The Labute approximate surface area is 149 Å². The lowest BCUT2D eigenvalue weighted by atomic mass is 9.48. The van der Waals surface area contributed by atoms with Crippen LogP contribution in [0.15, 0.2) is 0 Å². The lowest BCUT2D eigenvalue weighted by molar-refractivity contribution is -0.158. The highest BCUT2D eigenvalue weighted by Crippen LogP contribution is 2.64. The standard InChI is InChI=1S/C20H30O5/c1-19-10-8-14-12(13(19)5-6-15(19)18(24)25-3)4-7-16(21)20(14,2)11-9-17(22)23/h12-15H,4-11H2,1-3H3,(H,22,23)/t12-,13-,14-,15+,19-,20+/m0/s1. The lowest BCUT2D eigenvalue weighted by Gasteiger charge is -2.55. The molecule has 3 saturated carbocycles. The van der Waals surface area contributed by atoms with E-state index < -0.39 is 11.4 Å². The molecule has 0 heterocycles. The van der Waals surface area contributed by atoms with Crippen LogP contribution in [0.5, 0.6) is 0 Å². The molecule has 5 heteroatoms. The van der Waals surface area contributed by atoms with Crippen molar-refractivity contribution in [1.29, 1.82) is 0 Å². The second-order valence-electron chi connectivity index (χ2n) is 8.85. The first-order chi connectivity index (χ1) is 11.7. The summed E-state index contributed by atoms with van der Waals surface area (Å²) < 4.78 is 5.05. The zero-order chi connectivity index (χ0) is 18.4. The van der Waals surface area contributed by atoms with Gasteiger partial charge < -0.3 is 9.84 Å². The summed E-state index contributed by atoms with van der Waals surface area (Å²) in [5.74, 6) is 0.389. The van der Waals surface area contributed by atoms with E-state index in [1.165, 1.54) is 7.11 Å². The number of hydrogen-bond donors (Lipinski definition) is 1. The van der Waals surface area contributed by atoms with E-state index in [0.717, 1.165) is 32.1 Å². The van der Waals surface area contributed by atoms with Gasteiger partial charge in [-0.25, -0.2) is 0 Å². The van der Waals surface area contributed by atoms with Gasteiger partial charge in [0.15, 0.2) is 0 Å². The minimum Gasteiger partial charge on any atom is -0.481 e. The zero-order valence-electron chi connectivity index (χ0n) is 15.5. The molecule has 5 nitrogen and oxygen atoms in total. The van der Waals surface area contributed by atoms with Crippen LogP contribution in [0.4, 0.5) is 0 Å². The summed E-state index contributed by atoms with van der Waals surface area (Å²) in [5.41, 5.74) is -0.561. The average Bonchev–Trinajstić information content (AvgIpc) is 2.93. The van der Waals surface area contributed by atoms with Crippen molar-refractivity contribution >= 4 is 17.7 Å². The van der Waals surface area contributed by atoms with Gasteiger partial charge in [0.05, 0.1) is 13.0 Å². The summed E-state index contributed by atoms with van der Waals surface area (Å²) in [5, 5.41) is 9.09. The molecule has 0 unspecified atom stereocenters. The number of rotatable bonds is 4. The van der Waals surface area contributed by atoms with Crippen molar-refractivity contribution in [3.05, 3.63) is 0 Å². The molecule has 3 rings (SSSR count). The Kier molecular flexibility index (Phi) is 4.71. The highest BCUT2D eigenvalue weighted by atomic mass is 16.5. The molecule has 140 valence electrons. The SMILES string of the molecule is COC(=O)[C@H]1CC[C@H]2[C@@H]3CCC(=O)[C@](C)(CCC(=O)O)[C@H]3CC[C@]12C. The second-order valence-corrected chi connectivity index (χ2v) is 8.85. The van der Waals surface area contributed by atoms with Gasteiger partial charge in [0.25, 0.3) is 0 Å². The molecule has 0 aromatic carbocycles. The number of Topliss-reactive ketones (excluding diaryl/α,β-unsaturated/α-hetero) is 1. The molecule has 3 fully saturated rings. The van der Waals surface area contributed by atoms with E-state index in [1.54, 1.807) is 0 Å². The zero-order valence-corrected chi connectivity index (χ0v) is 15.5. The van der Waals surface area contributed by atoms with Gasteiger partial charge in [-0.05, 0) is 61.7 Å². The van der Waals surface area contributed by atoms with Crippen LogP contribution in [0.3, 0.4) is 0 Å². The van der Waals surface area contributed by atoms with Gasteiger partial charge in [-0.2, -0.15) is 0 Å². The molecule has 25 heavy (non-hydrogen) atoms. The van der Waals surface area contributed by atoms with Crippen LogP contribution in [0.1, 0.15) is 65.2 Å². The smallest absolute Gasteiger partial charge is 0.309 e. The summed E-state index contributed by atoms with van der Waals surface area (Å²) in [6.45, 7) is 4.22.